The van der Waals surface area contributed by atoms with Crippen LogP contribution in [0.5, 0.6) is 0 Å². The molecule has 3 rings (SSSR count). The average Bonchev–Trinajstić information content (AvgIpc) is 3.12. The maximum Gasteiger partial charge on any atom is 0.325 e. The quantitative estimate of drug-likeness (QED) is 0.504. The molecule has 1 aromatic rings. The molecular weight excluding hydrogens is 396 g/mol. The molecule has 1 heterocycles. The number of esters is 1. The second-order valence-electron chi connectivity index (χ2n) is 9.13. The van der Waals surface area contributed by atoms with Gasteiger partial charge in [0.05, 0.1) is 18.2 Å². The molecule has 0 saturated heterocycles. The number of carbonyl (C=O) groups excluding carboxylic acids is 3. The molecule has 1 amide bonds. The number of methoxy groups -OCH3 is 1. The summed E-state index contributed by atoms with van der Waals surface area (Å²) >= 11 is 0. The SMILES string of the molecule is COC1CCCCC1OC(=O)CNC(=O)Cc1ccc(C(=O)C2CCC(C)CC2)n1C. The molecule has 0 radical (unpaired) electrons. The molecule has 0 spiro atoms. The lowest BCUT2D eigenvalue weighted by molar-refractivity contribution is -0.158. The number of aromatic nitrogens is 1. The van der Waals surface area contributed by atoms with Crippen molar-refractivity contribution >= 4 is 17.7 Å². The van der Waals surface area contributed by atoms with Gasteiger partial charge in [-0.25, -0.2) is 0 Å². The first kappa shape index (κ1) is 23.5. The van der Waals surface area contributed by atoms with Crippen molar-refractivity contribution < 1.29 is 23.9 Å². The number of hydrogen-bond donors (Lipinski definition) is 1. The van der Waals surface area contributed by atoms with Gasteiger partial charge >= 0.3 is 5.97 Å². The Hall–Kier alpha value is -2.15. The molecule has 2 aliphatic rings. The topological polar surface area (TPSA) is 86.6 Å². The van der Waals surface area contributed by atoms with Crippen molar-refractivity contribution in [2.24, 2.45) is 18.9 Å². The third kappa shape index (κ3) is 6.19. The van der Waals surface area contributed by atoms with Crippen molar-refractivity contribution in [3.8, 4) is 0 Å². The van der Waals surface area contributed by atoms with E-state index in [1.54, 1.807) is 7.11 Å². The van der Waals surface area contributed by atoms with Crippen LogP contribution in [0.15, 0.2) is 12.1 Å². The Labute approximate surface area is 184 Å². The van der Waals surface area contributed by atoms with Gasteiger partial charge in [0.15, 0.2) is 5.78 Å². The predicted octanol–water partition coefficient (Wildman–Crippen LogP) is 3.19. The third-order valence-electron chi connectivity index (χ3n) is 6.86. The molecule has 0 bridgehead atoms. The maximum atomic E-state index is 12.9. The molecule has 0 aliphatic heterocycles. The van der Waals surface area contributed by atoms with Gasteiger partial charge in [-0.15, -0.1) is 0 Å². The number of Topliss-reactive ketones (excluding diaryl/α,β-unsaturated/α-hetero) is 1. The summed E-state index contributed by atoms with van der Waals surface area (Å²) in [4.78, 5) is 37.4. The van der Waals surface area contributed by atoms with E-state index in [2.05, 4.69) is 12.2 Å². The van der Waals surface area contributed by atoms with Crippen LogP contribution in [0.2, 0.25) is 0 Å². The van der Waals surface area contributed by atoms with Gasteiger partial charge in [0.1, 0.15) is 12.6 Å². The Balaban J connectivity index is 1.47. The average molecular weight is 433 g/mol. The number of ether oxygens (including phenoxy) is 2. The van der Waals surface area contributed by atoms with Crippen molar-refractivity contribution in [2.75, 3.05) is 13.7 Å². The fourth-order valence-corrected chi connectivity index (χ4v) is 4.79. The summed E-state index contributed by atoms with van der Waals surface area (Å²) in [5.74, 6) is 0.232. The van der Waals surface area contributed by atoms with Crippen LogP contribution >= 0.6 is 0 Å². The molecule has 7 heteroatoms. The van der Waals surface area contributed by atoms with Crippen LogP contribution in [0.25, 0.3) is 0 Å². The third-order valence-corrected chi connectivity index (χ3v) is 6.86. The summed E-state index contributed by atoms with van der Waals surface area (Å²) in [6.07, 6.45) is 7.63. The van der Waals surface area contributed by atoms with Gasteiger partial charge in [-0.3, -0.25) is 14.4 Å². The summed E-state index contributed by atoms with van der Waals surface area (Å²) in [5.41, 5.74) is 1.41. The Bertz CT molecular complexity index is 779. The summed E-state index contributed by atoms with van der Waals surface area (Å²) in [7, 11) is 3.45. The molecule has 2 aliphatic carbocycles. The van der Waals surface area contributed by atoms with Crippen LogP contribution in [0.1, 0.15) is 74.5 Å². The minimum atomic E-state index is -0.448. The Morgan fingerprint density at radius 1 is 1.03 bits per heavy atom. The largest absolute Gasteiger partial charge is 0.458 e. The van der Waals surface area contributed by atoms with Crippen LogP contribution in [0, 0.1) is 11.8 Å². The summed E-state index contributed by atoms with van der Waals surface area (Å²) < 4.78 is 12.7. The van der Waals surface area contributed by atoms with Crippen LogP contribution in [-0.4, -0.2) is 48.1 Å². The fraction of sp³-hybridized carbons (Fsp3) is 0.708. The lowest BCUT2D eigenvalue weighted by atomic mass is 9.80. The fourth-order valence-electron chi connectivity index (χ4n) is 4.79. The minimum absolute atomic E-state index is 0.0693. The zero-order valence-electron chi connectivity index (χ0n) is 19.0. The Morgan fingerprint density at radius 3 is 2.39 bits per heavy atom. The van der Waals surface area contributed by atoms with Crippen molar-refractivity contribution in [3.63, 3.8) is 0 Å². The van der Waals surface area contributed by atoms with Crippen LogP contribution < -0.4 is 5.32 Å². The zero-order valence-corrected chi connectivity index (χ0v) is 19.0. The monoisotopic (exact) mass is 432 g/mol. The zero-order chi connectivity index (χ0) is 22.4. The lowest BCUT2D eigenvalue weighted by Crippen LogP contribution is -2.39. The lowest BCUT2D eigenvalue weighted by Gasteiger charge is -2.29. The van der Waals surface area contributed by atoms with Gasteiger partial charge in [0, 0.05) is 25.8 Å². The molecular formula is C24H36N2O5. The van der Waals surface area contributed by atoms with Gasteiger partial charge < -0.3 is 19.4 Å². The van der Waals surface area contributed by atoms with Gasteiger partial charge in [-0.2, -0.15) is 0 Å². The molecule has 1 N–H and O–H groups in total. The molecule has 7 nitrogen and oxygen atoms in total. The van der Waals surface area contributed by atoms with E-state index in [0.29, 0.717) is 11.6 Å². The molecule has 1 aromatic heterocycles. The molecule has 31 heavy (non-hydrogen) atoms. The first-order valence-electron chi connectivity index (χ1n) is 11.6. The van der Waals surface area contributed by atoms with Crippen molar-refractivity contribution in [1.29, 1.82) is 0 Å². The molecule has 2 unspecified atom stereocenters. The first-order valence-corrected chi connectivity index (χ1v) is 11.6. The number of ketones is 1. The normalized spacial score (nSPS) is 26.3. The summed E-state index contributed by atoms with van der Waals surface area (Å²) in [5, 5.41) is 2.63. The van der Waals surface area contributed by atoms with Crippen LogP contribution in [0.3, 0.4) is 0 Å². The number of nitrogens with zero attached hydrogens (tertiary/aromatic N) is 1. The number of carbonyl (C=O) groups is 3. The molecule has 2 atom stereocenters. The van der Waals surface area contributed by atoms with E-state index in [9.17, 15) is 14.4 Å². The highest BCUT2D eigenvalue weighted by atomic mass is 16.6. The van der Waals surface area contributed by atoms with Gasteiger partial charge in [-0.1, -0.05) is 26.2 Å². The van der Waals surface area contributed by atoms with Crippen molar-refractivity contribution in [2.45, 2.75) is 76.9 Å². The molecule has 0 aromatic carbocycles. The first-order chi connectivity index (χ1) is 14.9. The van der Waals surface area contributed by atoms with Gasteiger partial charge in [-0.05, 0) is 50.2 Å². The molecule has 2 fully saturated rings. The number of rotatable bonds is 8. The van der Waals surface area contributed by atoms with E-state index in [0.717, 1.165) is 57.1 Å². The number of hydrogen-bond acceptors (Lipinski definition) is 5. The smallest absolute Gasteiger partial charge is 0.325 e. The Kier molecular flexibility index (Phi) is 8.29. The van der Waals surface area contributed by atoms with E-state index < -0.39 is 5.97 Å². The highest BCUT2D eigenvalue weighted by Gasteiger charge is 2.29. The second-order valence-corrected chi connectivity index (χ2v) is 9.13. The van der Waals surface area contributed by atoms with E-state index in [1.165, 1.54) is 0 Å². The van der Waals surface area contributed by atoms with Crippen molar-refractivity contribution in [3.05, 3.63) is 23.5 Å². The van der Waals surface area contributed by atoms with E-state index >= 15 is 0 Å². The summed E-state index contributed by atoms with van der Waals surface area (Å²) in [6.45, 7) is 2.07. The van der Waals surface area contributed by atoms with Crippen molar-refractivity contribution in [1.82, 2.24) is 9.88 Å². The highest BCUT2D eigenvalue weighted by molar-refractivity contribution is 5.97. The summed E-state index contributed by atoms with van der Waals surface area (Å²) in [6, 6.07) is 3.63. The number of nitrogens with one attached hydrogen (secondary N) is 1. The molecule has 2 saturated carbocycles. The second kappa shape index (κ2) is 10.9. The van der Waals surface area contributed by atoms with E-state index in [4.69, 9.17) is 9.47 Å². The highest BCUT2D eigenvalue weighted by Crippen LogP contribution is 2.31. The maximum absolute atomic E-state index is 12.9. The van der Waals surface area contributed by atoms with E-state index in [-0.39, 0.29) is 42.8 Å². The Morgan fingerprint density at radius 2 is 1.71 bits per heavy atom. The van der Waals surface area contributed by atoms with Crippen LogP contribution in [0.4, 0.5) is 0 Å². The van der Waals surface area contributed by atoms with Crippen LogP contribution in [-0.2, 0) is 32.5 Å². The van der Waals surface area contributed by atoms with E-state index in [1.807, 2.05) is 23.7 Å². The van der Waals surface area contributed by atoms with Gasteiger partial charge in [0.2, 0.25) is 5.91 Å². The minimum Gasteiger partial charge on any atom is -0.458 e. The van der Waals surface area contributed by atoms with Gasteiger partial charge in [0.25, 0.3) is 0 Å². The molecule has 172 valence electrons. The standard InChI is InChI=1S/C24H36N2O5/c1-16-8-10-17(11-9-16)24(29)19-13-12-18(26(19)2)14-22(27)25-15-23(28)31-21-7-5-4-6-20(21)30-3/h12-13,16-17,20-21H,4-11,14-15H2,1-3H3,(H,25,27). The predicted molar refractivity (Wildman–Crippen MR) is 117 cm³/mol. The number of amides is 1.